The number of halogens is 1. The van der Waals surface area contributed by atoms with Crippen molar-refractivity contribution in [3.8, 4) is 0 Å². The van der Waals surface area contributed by atoms with E-state index in [0.29, 0.717) is 6.61 Å². The largest absolute Gasteiger partial charge is 0.456 e. The normalized spacial score (nSPS) is 13.1. The van der Waals surface area contributed by atoms with Gasteiger partial charge in [0.2, 0.25) is 0 Å². The second-order valence-electron chi connectivity index (χ2n) is 7.36. The number of ether oxygens (including phenoxy) is 2. The second kappa shape index (κ2) is 12.9. The fourth-order valence-electron chi connectivity index (χ4n) is 2.80. The second-order valence-corrected chi connectivity index (χ2v) is 8.43. The SMILES string of the molecule is CCCOCC(=O)OCC(N)=NC(Cc1cc(C)ccc1C)=Nc1ccc(S(N)=O)cc1F. The van der Waals surface area contributed by atoms with E-state index in [4.69, 9.17) is 20.3 Å². The summed E-state index contributed by atoms with van der Waals surface area (Å²) in [5.74, 6) is -1.04. The third-order valence-corrected chi connectivity index (χ3v) is 5.19. The van der Waals surface area contributed by atoms with Crippen molar-refractivity contribution in [2.45, 2.75) is 38.5 Å². The molecular weight excluding hydrogens is 447 g/mol. The molecule has 4 N–H and O–H groups in total. The summed E-state index contributed by atoms with van der Waals surface area (Å²) < 4.78 is 36.1. The van der Waals surface area contributed by atoms with Crippen LogP contribution in [0.5, 0.6) is 0 Å². The van der Waals surface area contributed by atoms with Crippen molar-refractivity contribution in [1.82, 2.24) is 0 Å². The summed E-state index contributed by atoms with van der Waals surface area (Å²) in [5.41, 5.74) is 8.95. The van der Waals surface area contributed by atoms with Gasteiger partial charge < -0.3 is 15.2 Å². The Morgan fingerprint density at radius 1 is 1.15 bits per heavy atom. The van der Waals surface area contributed by atoms with E-state index in [0.717, 1.165) is 29.2 Å². The fourth-order valence-corrected chi connectivity index (χ4v) is 3.22. The third kappa shape index (κ3) is 8.83. The van der Waals surface area contributed by atoms with Crippen molar-refractivity contribution in [1.29, 1.82) is 0 Å². The van der Waals surface area contributed by atoms with Crippen molar-refractivity contribution >= 4 is 34.3 Å². The first-order valence-electron chi connectivity index (χ1n) is 10.4. The number of carbonyl (C=O) groups is 1. The first-order chi connectivity index (χ1) is 15.7. The zero-order chi connectivity index (χ0) is 24.4. The summed E-state index contributed by atoms with van der Waals surface area (Å²) in [5, 5.41) is 5.31. The molecule has 10 heteroatoms. The van der Waals surface area contributed by atoms with Crippen LogP contribution in [0.1, 0.15) is 30.0 Å². The maximum Gasteiger partial charge on any atom is 0.332 e. The minimum Gasteiger partial charge on any atom is -0.456 e. The van der Waals surface area contributed by atoms with Crippen LogP contribution in [0, 0.1) is 19.7 Å². The van der Waals surface area contributed by atoms with E-state index < -0.39 is 22.8 Å². The Labute approximate surface area is 195 Å². The summed E-state index contributed by atoms with van der Waals surface area (Å²) in [4.78, 5) is 20.5. The summed E-state index contributed by atoms with van der Waals surface area (Å²) in [7, 11) is -1.81. The van der Waals surface area contributed by atoms with Crippen LogP contribution in [-0.2, 0) is 31.7 Å². The smallest absolute Gasteiger partial charge is 0.332 e. The van der Waals surface area contributed by atoms with Gasteiger partial charge >= 0.3 is 5.97 Å². The number of benzene rings is 2. The van der Waals surface area contributed by atoms with Gasteiger partial charge in [-0.2, -0.15) is 0 Å². The van der Waals surface area contributed by atoms with Crippen LogP contribution in [0.3, 0.4) is 0 Å². The lowest BCUT2D eigenvalue weighted by Gasteiger charge is -2.10. The molecule has 0 spiro atoms. The van der Waals surface area contributed by atoms with Crippen LogP contribution in [-0.4, -0.2) is 41.7 Å². The van der Waals surface area contributed by atoms with Crippen molar-refractivity contribution in [2.75, 3.05) is 19.8 Å². The lowest BCUT2D eigenvalue weighted by atomic mass is 10.0. The third-order valence-electron chi connectivity index (χ3n) is 4.48. The molecule has 0 heterocycles. The molecule has 0 aromatic heterocycles. The van der Waals surface area contributed by atoms with Crippen molar-refractivity contribution in [2.24, 2.45) is 20.9 Å². The first kappa shape index (κ1) is 26.3. The van der Waals surface area contributed by atoms with Crippen molar-refractivity contribution in [3.05, 3.63) is 58.9 Å². The van der Waals surface area contributed by atoms with Gasteiger partial charge in [0.05, 0.1) is 4.90 Å². The van der Waals surface area contributed by atoms with Crippen LogP contribution in [0.15, 0.2) is 51.3 Å². The maximum atomic E-state index is 14.5. The molecule has 1 unspecified atom stereocenters. The van der Waals surface area contributed by atoms with Gasteiger partial charge in [0.15, 0.2) is 0 Å². The van der Waals surface area contributed by atoms with E-state index in [1.54, 1.807) is 0 Å². The molecule has 8 nitrogen and oxygen atoms in total. The molecule has 0 saturated heterocycles. The van der Waals surface area contributed by atoms with Crippen molar-refractivity contribution < 1.29 is 22.9 Å². The summed E-state index contributed by atoms with van der Waals surface area (Å²) in [6.07, 6.45) is 1.06. The number of rotatable bonds is 10. The summed E-state index contributed by atoms with van der Waals surface area (Å²) in [6.45, 7) is 5.86. The molecule has 0 aliphatic heterocycles. The lowest BCUT2D eigenvalue weighted by molar-refractivity contribution is -0.147. The number of esters is 1. The highest BCUT2D eigenvalue weighted by Crippen LogP contribution is 2.22. The molecule has 178 valence electrons. The minimum absolute atomic E-state index is 0.00277. The molecule has 33 heavy (non-hydrogen) atoms. The van der Waals surface area contributed by atoms with Crippen molar-refractivity contribution in [3.63, 3.8) is 0 Å². The zero-order valence-corrected chi connectivity index (χ0v) is 19.8. The average Bonchev–Trinajstić information content (AvgIpc) is 2.76. The van der Waals surface area contributed by atoms with Gasteiger partial charge in [-0.15, -0.1) is 0 Å². The molecule has 0 aliphatic rings. The molecule has 0 fully saturated rings. The van der Waals surface area contributed by atoms with Gasteiger partial charge in [-0.25, -0.2) is 28.5 Å². The number of hydrogen-bond acceptors (Lipinski definition) is 5. The Balaban J connectivity index is 2.29. The molecule has 2 rings (SSSR count). The molecule has 2 aromatic rings. The molecule has 0 radical (unpaired) electrons. The predicted octanol–water partition coefficient (Wildman–Crippen LogP) is 3.02. The van der Waals surface area contributed by atoms with E-state index in [-0.39, 0.29) is 41.9 Å². The Morgan fingerprint density at radius 2 is 1.91 bits per heavy atom. The number of nitrogens with two attached hydrogens (primary N) is 2. The van der Waals surface area contributed by atoms with Crippen LogP contribution in [0.4, 0.5) is 10.1 Å². The highest BCUT2D eigenvalue weighted by molar-refractivity contribution is 7.82. The van der Waals surface area contributed by atoms with Crippen LogP contribution in [0.25, 0.3) is 0 Å². The molecule has 0 bridgehead atoms. The number of hydrogen-bond donors (Lipinski definition) is 2. The van der Waals surface area contributed by atoms with Gasteiger partial charge in [-0.3, -0.25) is 0 Å². The highest BCUT2D eigenvalue weighted by atomic mass is 32.2. The monoisotopic (exact) mass is 476 g/mol. The summed E-state index contributed by atoms with van der Waals surface area (Å²) >= 11 is 0. The predicted molar refractivity (Wildman–Crippen MR) is 127 cm³/mol. The molecule has 0 amide bonds. The minimum atomic E-state index is -1.81. The summed E-state index contributed by atoms with van der Waals surface area (Å²) in [6, 6.07) is 9.81. The first-order valence-corrected chi connectivity index (χ1v) is 11.6. The number of amidine groups is 2. The van der Waals surface area contributed by atoms with E-state index in [1.165, 1.54) is 12.1 Å². The quantitative estimate of drug-likeness (QED) is 0.236. The zero-order valence-electron chi connectivity index (χ0n) is 19.0. The van der Waals surface area contributed by atoms with Crippen LogP contribution >= 0.6 is 0 Å². The van der Waals surface area contributed by atoms with Gasteiger partial charge in [0.1, 0.15) is 47.4 Å². The number of carbonyl (C=O) groups excluding carboxylic acids is 1. The standard InChI is InChI=1S/C23H29FN4O4S/c1-4-9-31-14-23(29)32-13-21(25)28-22(11-17-10-15(2)5-6-16(17)3)27-20-8-7-18(33(26)30)12-19(20)24/h5-8,10,12H,4,9,11,13-14,26H2,1-3H3,(H2,25,27,28). The van der Waals surface area contributed by atoms with Gasteiger partial charge in [0.25, 0.3) is 0 Å². The molecule has 0 aliphatic carbocycles. The van der Waals surface area contributed by atoms with E-state index in [9.17, 15) is 13.4 Å². The fraction of sp³-hybridized carbons (Fsp3) is 0.348. The Kier molecular flexibility index (Phi) is 10.3. The Hall–Kier alpha value is -2.95. The number of aliphatic imine (C=N–C) groups is 2. The topological polar surface area (TPSA) is 129 Å². The number of aryl methyl sites for hydroxylation is 2. The van der Waals surface area contributed by atoms with Gasteiger partial charge in [-0.1, -0.05) is 30.7 Å². The van der Waals surface area contributed by atoms with Gasteiger partial charge in [-0.05, 0) is 49.6 Å². The number of nitrogens with zero attached hydrogens (tertiary/aromatic N) is 2. The molecule has 1 atom stereocenters. The Bertz CT molecular complexity index is 1070. The molecule has 0 saturated carbocycles. The van der Waals surface area contributed by atoms with Crippen LogP contribution in [0.2, 0.25) is 0 Å². The van der Waals surface area contributed by atoms with E-state index in [2.05, 4.69) is 9.98 Å². The maximum absolute atomic E-state index is 14.5. The average molecular weight is 477 g/mol. The van der Waals surface area contributed by atoms with E-state index >= 15 is 0 Å². The highest BCUT2D eigenvalue weighted by Gasteiger charge is 2.11. The lowest BCUT2D eigenvalue weighted by Crippen LogP contribution is -2.25. The Morgan fingerprint density at radius 3 is 2.58 bits per heavy atom. The molecular formula is C23H29FN4O4S. The van der Waals surface area contributed by atoms with E-state index in [1.807, 2.05) is 39.0 Å². The van der Waals surface area contributed by atoms with Crippen LogP contribution < -0.4 is 10.9 Å². The molecule has 2 aromatic carbocycles. The van der Waals surface area contributed by atoms with Gasteiger partial charge in [0, 0.05) is 13.0 Å².